The molecule has 0 fully saturated rings. The van der Waals surface area contributed by atoms with E-state index in [2.05, 4.69) is 63.3 Å². The number of rotatable bonds is 5. The summed E-state index contributed by atoms with van der Waals surface area (Å²) in [6, 6.07) is 0. The summed E-state index contributed by atoms with van der Waals surface area (Å²) in [7, 11) is 0. The molecule has 0 saturated heterocycles. The molecule has 0 saturated carbocycles. The highest BCUT2D eigenvalue weighted by Crippen LogP contribution is 2.33. The van der Waals surface area contributed by atoms with E-state index >= 15 is 0 Å². The Bertz CT molecular complexity index is 572. The van der Waals surface area contributed by atoms with Crippen LogP contribution in [-0.4, -0.2) is 4.57 Å². The Hall–Kier alpha value is -2.02. The average molecular weight is 267 g/mol. The van der Waals surface area contributed by atoms with E-state index in [-0.39, 0.29) is 5.54 Å². The van der Waals surface area contributed by atoms with Gasteiger partial charge in [-0.05, 0) is 39.8 Å². The Balaban J connectivity index is 3.85. The van der Waals surface area contributed by atoms with Gasteiger partial charge in [-0.1, -0.05) is 50.1 Å². The Morgan fingerprint density at radius 2 is 1.55 bits per heavy atom. The van der Waals surface area contributed by atoms with E-state index < -0.39 is 0 Å². The van der Waals surface area contributed by atoms with Gasteiger partial charge in [0, 0.05) is 28.1 Å². The standard InChI is InChI=1S/C19H25N/c1-8-12-14-16-15(10-3)18(13-9-2)20(17(16)11-4)19(5,6)7/h8-14H,1,3-4H2,2,5-7H3/b13-9-,14-12-. The molecule has 0 aromatic carbocycles. The molecule has 1 aromatic rings. The van der Waals surface area contributed by atoms with Crippen LogP contribution in [0.4, 0.5) is 0 Å². The zero-order valence-electron chi connectivity index (χ0n) is 13.1. The highest BCUT2D eigenvalue weighted by Gasteiger charge is 2.23. The minimum atomic E-state index is -0.0314. The molecule has 1 aromatic heterocycles. The van der Waals surface area contributed by atoms with Gasteiger partial charge >= 0.3 is 0 Å². The van der Waals surface area contributed by atoms with Gasteiger partial charge in [-0.2, -0.15) is 0 Å². The lowest BCUT2D eigenvalue weighted by Crippen LogP contribution is -2.24. The van der Waals surface area contributed by atoms with Crippen LogP contribution in [0, 0.1) is 0 Å². The summed E-state index contributed by atoms with van der Waals surface area (Å²) in [5.41, 5.74) is 4.51. The number of hydrogen-bond donors (Lipinski definition) is 0. The smallest absolute Gasteiger partial charge is 0.0492 e. The molecular weight excluding hydrogens is 242 g/mol. The summed E-state index contributed by atoms with van der Waals surface area (Å²) < 4.78 is 2.31. The molecule has 0 aliphatic heterocycles. The third-order valence-corrected chi connectivity index (χ3v) is 3.12. The monoisotopic (exact) mass is 267 g/mol. The first-order valence-electron chi connectivity index (χ1n) is 6.88. The molecule has 0 atom stereocenters. The summed E-state index contributed by atoms with van der Waals surface area (Å²) in [6.45, 7) is 20.3. The molecule has 1 nitrogen and oxygen atoms in total. The van der Waals surface area contributed by atoms with Gasteiger partial charge in [0.1, 0.15) is 0 Å². The van der Waals surface area contributed by atoms with E-state index in [0.717, 1.165) is 22.5 Å². The zero-order valence-corrected chi connectivity index (χ0v) is 13.1. The second kappa shape index (κ2) is 6.42. The van der Waals surface area contributed by atoms with Crippen molar-refractivity contribution in [1.82, 2.24) is 4.57 Å². The fourth-order valence-corrected chi connectivity index (χ4v) is 2.45. The first-order chi connectivity index (χ1) is 9.42. The largest absolute Gasteiger partial charge is 0.335 e. The molecule has 0 amide bonds. The van der Waals surface area contributed by atoms with Crippen molar-refractivity contribution in [2.75, 3.05) is 0 Å². The van der Waals surface area contributed by atoms with E-state index in [1.165, 1.54) is 0 Å². The molecule has 1 rings (SSSR count). The third kappa shape index (κ3) is 2.93. The Morgan fingerprint density at radius 3 is 1.95 bits per heavy atom. The Kier molecular flexibility index (Phi) is 5.15. The molecule has 20 heavy (non-hydrogen) atoms. The number of allylic oxidation sites excluding steroid dienone is 3. The van der Waals surface area contributed by atoms with E-state index in [0.29, 0.717) is 0 Å². The van der Waals surface area contributed by atoms with Crippen molar-refractivity contribution in [3.63, 3.8) is 0 Å². The average Bonchev–Trinajstić information content (AvgIpc) is 2.69. The van der Waals surface area contributed by atoms with Crippen molar-refractivity contribution in [2.24, 2.45) is 0 Å². The van der Waals surface area contributed by atoms with Crippen LogP contribution < -0.4 is 0 Å². The minimum absolute atomic E-state index is 0.0314. The predicted octanol–water partition coefficient (Wildman–Crippen LogP) is 5.76. The van der Waals surface area contributed by atoms with E-state index in [9.17, 15) is 0 Å². The third-order valence-electron chi connectivity index (χ3n) is 3.12. The summed E-state index contributed by atoms with van der Waals surface area (Å²) in [5, 5.41) is 0. The lowest BCUT2D eigenvalue weighted by molar-refractivity contribution is 0.393. The van der Waals surface area contributed by atoms with Crippen molar-refractivity contribution in [1.29, 1.82) is 0 Å². The SMILES string of the molecule is C=C/C=C\c1c(C=C)c(/C=C\C)n(C(C)(C)C)c1C=C. The number of aromatic nitrogens is 1. The summed E-state index contributed by atoms with van der Waals surface area (Å²) in [4.78, 5) is 0. The maximum absolute atomic E-state index is 3.98. The number of hydrogen-bond acceptors (Lipinski definition) is 0. The summed E-state index contributed by atoms with van der Waals surface area (Å²) >= 11 is 0. The second-order valence-corrected chi connectivity index (χ2v) is 5.61. The van der Waals surface area contributed by atoms with Crippen molar-refractivity contribution in [3.05, 3.63) is 60.5 Å². The van der Waals surface area contributed by atoms with E-state index in [4.69, 9.17) is 0 Å². The lowest BCUT2D eigenvalue weighted by Gasteiger charge is -2.26. The second-order valence-electron chi connectivity index (χ2n) is 5.61. The van der Waals surface area contributed by atoms with Crippen LogP contribution in [-0.2, 0) is 5.54 Å². The van der Waals surface area contributed by atoms with Crippen LogP contribution in [0.2, 0.25) is 0 Å². The minimum Gasteiger partial charge on any atom is -0.335 e. The van der Waals surface area contributed by atoms with Crippen LogP contribution in [0.5, 0.6) is 0 Å². The van der Waals surface area contributed by atoms with Gasteiger partial charge in [-0.15, -0.1) is 0 Å². The van der Waals surface area contributed by atoms with Crippen molar-refractivity contribution in [3.8, 4) is 0 Å². The fourth-order valence-electron chi connectivity index (χ4n) is 2.45. The van der Waals surface area contributed by atoms with Crippen LogP contribution in [0.3, 0.4) is 0 Å². The maximum atomic E-state index is 3.98. The molecular formula is C19H25N. The van der Waals surface area contributed by atoms with Gasteiger partial charge in [0.05, 0.1) is 0 Å². The molecule has 0 aliphatic rings. The van der Waals surface area contributed by atoms with E-state index in [1.807, 2.05) is 25.2 Å². The fraction of sp³-hybridized carbons (Fsp3) is 0.263. The molecule has 106 valence electrons. The first kappa shape index (κ1) is 16.0. The van der Waals surface area contributed by atoms with Crippen molar-refractivity contribution < 1.29 is 0 Å². The summed E-state index contributed by atoms with van der Waals surface area (Å²) in [5.74, 6) is 0. The molecule has 0 radical (unpaired) electrons. The zero-order chi connectivity index (χ0) is 15.3. The van der Waals surface area contributed by atoms with Crippen LogP contribution >= 0.6 is 0 Å². The highest BCUT2D eigenvalue weighted by molar-refractivity contribution is 5.79. The van der Waals surface area contributed by atoms with Crippen molar-refractivity contribution in [2.45, 2.75) is 33.2 Å². The maximum Gasteiger partial charge on any atom is 0.0492 e. The first-order valence-corrected chi connectivity index (χ1v) is 6.88. The van der Waals surface area contributed by atoms with Crippen molar-refractivity contribution >= 4 is 24.3 Å². The molecule has 0 spiro atoms. The number of nitrogens with zero attached hydrogens (tertiary/aromatic N) is 1. The molecule has 1 heteroatoms. The van der Waals surface area contributed by atoms with Gasteiger partial charge in [-0.3, -0.25) is 0 Å². The Morgan fingerprint density at radius 1 is 0.900 bits per heavy atom. The molecule has 0 unspecified atom stereocenters. The van der Waals surface area contributed by atoms with Gasteiger partial charge in [0.25, 0.3) is 0 Å². The molecule has 0 N–H and O–H groups in total. The Labute approximate surface area is 123 Å². The van der Waals surface area contributed by atoms with Gasteiger partial charge in [0.15, 0.2) is 0 Å². The lowest BCUT2D eigenvalue weighted by atomic mass is 10.1. The van der Waals surface area contributed by atoms with Gasteiger partial charge in [0.2, 0.25) is 0 Å². The normalized spacial score (nSPS) is 12.2. The molecule has 0 aliphatic carbocycles. The topological polar surface area (TPSA) is 4.93 Å². The molecule has 0 bridgehead atoms. The van der Waals surface area contributed by atoms with Gasteiger partial charge in [-0.25, -0.2) is 0 Å². The quantitative estimate of drug-likeness (QED) is 0.597. The molecule has 1 heterocycles. The summed E-state index contributed by atoms with van der Waals surface area (Å²) in [6.07, 6.45) is 13.8. The van der Waals surface area contributed by atoms with E-state index in [1.54, 1.807) is 6.08 Å². The van der Waals surface area contributed by atoms with Crippen LogP contribution in [0.25, 0.3) is 24.3 Å². The van der Waals surface area contributed by atoms with Crippen LogP contribution in [0.1, 0.15) is 50.2 Å². The van der Waals surface area contributed by atoms with Crippen LogP contribution in [0.15, 0.2) is 38.0 Å². The predicted molar refractivity (Wildman–Crippen MR) is 93.5 cm³/mol. The highest BCUT2D eigenvalue weighted by atomic mass is 15.1. The van der Waals surface area contributed by atoms with Gasteiger partial charge < -0.3 is 4.57 Å².